The fourth-order valence-electron chi connectivity index (χ4n) is 2.10. The molecule has 1 aromatic carbocycles. The maximum absolute atomic E-state index is 14.0. The Morgan fingerprint density at radius 1 is 1.59 bits per heavy atom. The molecule has 8 heteroatoms. The van der Waals surface area contributed by atoms with Crippen molar-refractivity contribution < 1.29 is 23.5 Å². The second-order valence-electron chi connectivity index (χ2n) is 4.91. The number of nitrogens with one attached hydrogen (secondary N) is 1. The van der Waals surface area contributed by atoms with E-state index in [9.17, 15) is 18.8 Å². The predicted octanol–water partition coefficient (Wildman–Crippen LogP) is 0.880. The van der Waals surface area contributed by atoms with Crippen LogP contribution >= 0.6 is 0 Å². The van der Waals surface area contributed by atoms with E-state index in [0.717, 1.165) is 11.0 Å². The number of hydrogen-bond donors (Lipinski definition) is 1. The molecular weight excluding hydrogens is 293 g/mol. The zero-order valence-electron chi connectivity index (χ0n) is 12.2. The predicted molar refractivity (Wildman–Crippen MR) is 77.2 cm³/mol. The number of hydrogen-bond acceptors (Lipinski definition) is 4. The van der Waals surface area contributed by atoms with Crippen molar-refractivity contribution in [2.75, 3.05) is 29.9 Å². The lowest BCUT2D eigenvalue weighted by atomic mass is 10.2. The number of nitrogens with zero attached hydrogens (tertiary/aromatic N) is 2. The van der Waals surface area contributed by atoms with Crippen molar-refractivity contribution in [2.24, 2.45) is 0 Å². The third kappa shape index (κ3) is 3.33. The van der Waals surface area contributed by atoms with E-state index in [4.69, 9.17) is 4.74 Å². The van der Waals surface area contributed by atoms with E-state index in [-0.39, 0.29) is 24.7 Å². The van der Waals surface area contributed by atoms with Gasteiger partial charge in [-0.15, -0.1) is 0 Å². The highest BCUT2D eigenvalue weighted by Crippen LogP contribution is 2.26. The van der Waals surface area contributed by atoms with Gasteiger partial charge in [-0.1, -0.05) is 0 Å². The van der Waals surface area contributed by atoms with Crippen LogP contribution in [0.25, 0.3) is 0 Å². The van der Waals surface area contributed by atoms with Crippen molar-refractivity contribution in [3.8, 4) is 0 Å². The number of carbonyl (C=O) groups excluding carboxylic acids is 3. The summed E-state index contributed by atoms with van der Waals surface area (Å²) in [7, 11) is 1.43. The van der Waals surface area contributed by atoms with Crippen molar-refractivity contribution in [1.82, 2.24) is 5.32 Å². The van der Waals surface area contributed by atoms with Crippen LogP contribution in [0.15, 0.2) is 18.2 Å². The second-order valence-corrected chi connectivity index (χ2v) is 4.91. The largest absolute Gasteiger partial charge is 0.442 e. The Balaban J connectivity index is 2.11. The molecule has 0 saturated carbocycles. The molecule has 0 spiro atoms. The van der Waals surface area contributed by atoms with Crippen LogP contribution in [0.5, 0.6) is 0 Å². The lowest BCUT2D eigenvalue weighted by Crippen LogP contribution is -2.33. The molecule has 1 atom stereocenters. The third-order valence-electron chi connectivity index (χ3n) is 3.23. The van der Waals surface area contributed by atoms with Crippen LogP contribution in [0.4, 0.5) is 20.6 Å². The smallest absolute Gasteiger partial charge is 0.414 e. The Labute approximate surface area is 126 Å². The van der Waals surface area contributed by atoms with Crippen LogP contribution in [0, 0.1) is 5.82 Å². The summed E-state index contributed by atoms with van der Waals surface area (Å²) in [5.41, 5.74) is 0.442. The lowest BCUT2D eigenvalue weighted by Gasteiger charge is -2.16. The van der Waals surface area contributed by atoms with E-state index < -0.39 is 18.0 Å². The van der Waals surface area contributed by atoms with Crippen LogP contribution in [0.3, 0.4) is 0 Å². The molecule has 1 saturated heterocycles. The van der Waals surface area contributed by atoms with E-state index in [1.54, 1.807) is 0 Å². The fraction of sp³-hybridized carbons (Fsp3) is 0.357. The Hall–Kier alpha value is -2.64. The summed E-state index contributed by atoms with van der Waals surface area (Å²) in [5.74, 6) is -0.841. The third-order valence-corrected chi connectivity index (χ3v) is 3.23. The minimum Gasteiger partial charge on any atom is -0.442 e. The maximum atomic E-state index is 14.0. The Morgan fingerprint density at radius 2 is 2.32 bits per heavy atom. The molecular formula is C14H16FN3O4. The van der Waals surface area contributed by atoms with E-state index >= 15 is 0 Å². The number of amides is 3. The topological polar surface area (TPSA) is 79.0 Å². The van der Waals surface area contributed by atoms with Crippen molar-refractivity contribution in [3.05, 3.63) is 24.0 Å². The minimum atomic E-state index is -0.620. The van der Waals surface area contributed by atoms with Crippen molar-refractivity contribution in [1.29, 1.82) is 0 Å². The first kappa shape index (κ1) is 15.7. The summed E-state index contributed by atoms with van der Waals surface area (Å²) < 4.78 is 19.1. The van der Waals surface area contributed by atoms with Gasteiger partial charge in [0, 0.05) is 14.0 Å². The van der Waals surface area contributed by atoms with Crippen LogP contribution in [0.1, 0.15) is 6.92 Å². The lowest BCUT2D eigenvalue weighted by molar-refractivity contribution is -0.119. The number of benzene rings is 1. The Morgan fingerprint density at radius 3 is 2.91 bits per heavy atom. The SMILES string of the molecule is CC(=O)NC[C@H]1CN(c2ccc(N(C)C=O)c(F)c2)C(=O)O1. The quantitative estimate of drug-likeness (QED) is 0.819. The van der Waals surface area contributed by atoms with Gasteiger partial charge in [-0.05, 0) is 18.2 Å². The van der Waals surface area contributed by atoms with Gasteiger partial charge >= 0.3 is 6.09 Å². The molecule has 0 aromatic heterocycles. The molecule has 22 heavy (non-hydrogen) atoms. The molecule has 0 unspecified atom stereocenters. The molecule has 1 fully saturated rings. The highest BCUT2D eigenvalue weighted by Gasteiger charge is 2.32. The summed E-state index contributed by atoms with van der Waals surface area (Å²) in [6, 6.07) is 4.10. The summed E-state index contributed by atoms with van der Waals surface area (Å²) in [6.45, 7) is 1.78. The number of carbonyl (C=O) groups is 3. The molecule has 7 nitrogen and oxygen atoms in total. The molecule has 118 valence electrons. The normalized spacial score (nSPS) is 17.1. The highest BCUT2D eigenvalue weighted by molar-refractivity contribution is 5.90. The molecule has 3 amide bonds. The van der Waals surface area contributed by atoms with Gasteiger partial charge in [-0.25, -0.2) is 9.18 Å². The Bertz CT molecular complexity index is 608. The molecule has 1 heterocycles. The van der Waals surface area contributed by atoms with Crippen LogP contribution in [0.2, 0.25) is 0 Å². The zero-order valence-corrected chi connectivity index (χ0v) is 12.2. The first-order chi connectivity index (χ1) is 10.4. The van der Waals surface area contributed by atoms with Gasteiger partial charge in [0.1, 0.15) is 11.9 Å². The molecule has 0 aliphatic carbocycles. The molecule has 1 aromatic rings. The molecule has 2 rings (SSSR count). The minimum absolute atomic E-state index is 0.112. The standard InChI is InChI=1S/C14H16FN3O4/c1-9(20)16-6-11-7-18(14(21)22-11)10-3-4-13(12(15)5-10)17(2)8-19/h3-5,8,11H,6-7H2,1-2H3,(H,16,20)/t11-/m0/s1. The van der Waals surface area contributed by atoms with E-state index in [0.29, 0.717) is 12.1 Å². The van der Waals surface area contributed by atoms with Crippen LogP contribution < -0.4 is 15.1 Å². The first-order valence-electron chi connectivity index (χ1n) is 6.62. The number of anilines is 2. The second kappa shape index (κ2) is 6.42. The summed E-state index contributed by atoms with van der Waals surface area (Å²) in [6.07, 6.45) is -0.603. The molecule has 1 N–H and O–H groups in total. The van der Waals surface area contributed by atoms with Crippen molar-refractivity contribution in [3.63, 3.8) is 0 Å². The number of halogens is 1. The van der Waals surface area contributed by atoms with Gasteiger partial charge in [-0.3, -0.25) is 14.5 Å². The number of cyclic esters (lactones) is 1. The number of rotatable bonds is 5. The first-order valence-corrected chi connectivity index (χ1v) is 6.62. The zero-order chi connectivity index (χ0) is 16.3. The Kier molecular flexibility index (Phi) is 4.59. The average molecular weight is 309 g/mol. The van der Waals surface area contributed by atoms with Gasteiger partial charge in [0.25, 0.3) is 0 Å². The maximum Gasteiger partial charge on any atom is 0.414 e. The van der Waals surface area contributed by atoms with Crippen LogP contribution in [-0.2, 0) is 14.3 Å². The van der Waals surface area contributed by atoms with Crippen molar-refractivity contribution in [2.45, 2.75) is 13.0 Å². The molecule has 0 bridgehead atoms. The van der Waals surface area contributed by atoms with E-state index in [1.807, 2.05) is 0 Å². The fourth-order valence-corrected chi connectivity index (χ4v) is 2.10. The highest BCUT2D eigenvalue weighted by atomic mass is 19.1. The van der Waals surface area contributed by atoms with Gasteiger partial charge < -0.3 is 15.0 Å². The van der Waals surface area contributed by atoms with Crippen molar-refractivity contribution >= 4 is 29.8 Å². The van der Waals surface area contributed by atoms with Gasteiger partial charge in [-0.2, -0.15) is 0 Å². The van der Waals surface area contributed by atoms with E-state index in [1.165, 1.54) is 31.0 Å². The van der Waals surface area contributed by atoms with Crippen LogP contribution in [-0.4, -0.2) is 44.7 Å². The molecule has 0 radical (unpaired) electrons. The molecule has 1 aliphatic rings. The summed E-state index contributed by atoms with van der Waals surface area (Å²) in [5, 5.41) is 2.56. The van der Waals surface area contributed by atoms with Gasteiger partial charge in [0.15, 0.2) is 0 Å². The van der Waals surface area contributed by atoms with Gasteiger partial charge in [0.2, 0.25) is 12.3 Å². The van der Waals surface area contributed by atoms with Gasteiger partial charge in [0.05, 0.1) is 24.5 Å². The van der Waals surface area contributed by atoms with E-state index in [2.05, 4.69) is 5.32 Å². The number of ether oxygens (including phenoxy) is 1. The molecule has 1 aliphatic heterocycles. The summed E-state index contributed by atoms with van der Waals surface area (Å²) >= 11 is 0. The monoisotopic (exact) mass is 309 g/mol. The average Bonchev–Trinajstić information content (AvgIpc) is 2.85. The summed E-state index contributed by atoms with van der Waals surface area (Å²) in [4.78, 5) is 35.7.